The summed E-state index contributed by atoms with van der Waals surface area (Å²) in [6, 6.07) is 13.2. The Morgan fingerprint density at radius 1 is 1.00 bits per heavy atom. The molecule has 0 saturated carbocycles. The van der Waals surface area contributed by atoms with Gasteiger partial charge < -0.3 is 0 Å². The third kappa shape index (κ3) is 2.56. The molecule has 2 amide bonds. The zero-order chi connectivity index (χ0) is 19.3. The molecule has 0 radical (unpaired) electrons. The molecule has 2 aliphatic rings. The zero-order valence-corrected chi connectivity index (χ0v) is 15.5. The highest BCUT2D eigenvalue weighted by Crippen LogP contribution is 2.40. The molecular formula is C20H16ClN3O3. The number of ketones is 1. The zero-order valence-electron chi connectivity index (χ0n) is 14.7. The molecule has 136 valence electrons. The quantitative estimate of drug-likeness (QED) is 0.766. The number of fused-ring (bicyclic) bond motifs is 1. The molecule has 6 nitrogen and oxygen atoms in total. The SMILES string of the molecule is CC(=O)C1=NN(c2ccccc2C)[C@@H]2C(=O)N(c3ccccc3Cl)C(=O)[C@@H]12. The van der Waals surface area contributed by atoms with Crippen LogP contribution in [0.4, 0.5) is 11.4 Å². The monoisotopic (exact) mass is 381 g/mol. The van der Waals surface area contributed by atoms with Crippen LogP contribution < -0.4 is 9.91 Å². The van der Waals surface area contributed by atoms with Crippen molar-refractivity contribution in [1.82, 2.24) is 0 Å². The summed E-state index contributed by atoms with van der Waals surface area (Å²) in [6.45, 7) is 3.24. The van der Waals surface area contributed by atoms with Gasteiger partial charge in [-0.15, -0.1) is 0 Å². The number of amides is 2. The van der Waals surface area contributed by atoms with Gasteiger partial charge in [-0.2, -0.15) is 5.10 Å². The summed E-state index contributed by atoms with van der Waals surface area (Å²) in [5.74, 6) is -2.20. The fraction of sp³-hybridized carbons (Fsp3) is 0.200. The van der Waals surface area contributed by atoms with Crippen molar-refractivity contribution in [3.8, 4) is 0 Å². The van der Waals surface area contributed by atoms with Gasteiger partial charge in [-0.3, -0.25) is 19.4 Å². The second kappa shape index (κ2) is 6.32. The maximum Gasteiger partial charge on any atom is 0.259 e. The van der Waals surface area contributed by atoms with Crippen molar-refractivity contribution in [1.29, 1.82) is 0 Å². The maximum atomic E-state index is 13.2. The van der Waals surface area contributed by atoms with Gasteiger partial charge in [0.05, 0.1) is 16.4 Å². The lowest BCUT2D eigenvalue weighted by molar-refractivity contribution is -0.122. The van der Waals surface area contributed by atoms with E-state index in [1.54, 1.807) is 24.3 Å². The smallest absolute Gasteiger partial charge is 0.259 e. The van der Waals surface area contributed by atoms with E-state index in [1.165, 1.54) is 11.9 Å². The predicted octanol–water partition coefficient (Wildman–Crippen LogP) is 2.97. The third-order valence-electron chi connectivity index (χ3n) is 4.87. The van der Waals surface area contributed by atoms with E-state index in [2.05, 4.69) is 5.10 Å². The maximum absolute atomic E-state index is 13.2. The molecule has 0 aliphatic carbocycles. The highest BCUT2D eigenvalue weighted by atomic mass is 35.5. The number of halogens is 1. The average molecular weight is 382 g/mol. The molecule has 0 aromatic heterocycles. The largest absolute Gasteiger partial charge is 0.293 e. The summed E-state index contributed by atoms with van der Waals surface area (Å²) < 4.78 is 0. The van der Waals surface area contributed by atoms with Gasteiger partial charge in [-0.25, -0.2) is 4.90 Å². The number of hydrazone groups is 1. The Kier molecular flexibility index (Phi) is 4.08. The van der Waals surface area contributed by atoms with Crippen molar-refractivity contribution in [2.75, 3.05) is 9.91 Å². The molecule has 1 fully saturated rings. The molecule has 7 heteroatoms. The van der Waals surface area contributed by atoms with Crippen LogP contribution in [0.2, 0.25) is 5.02 Å². The highest BCUT2D eigenvalue weighted by Gasteiger charge is 2.58. The van der Waals surface area contributed by atoms with E-state index < -0.39 is 23.8 Å². The summed E-state index contributed by atoms with van der Waals surface area (Å²) in [7, 11) is 0. The van der Waals surface area contributed by atoms with E-state index >= 15 is 0 Å². The lowest BCUT2D eigenvalue weighted by Gasteiger charge is -2.23. The van der Waals surface area contributed by atoms with Gasteiger partial charge in [0.2, 0.25) is 5.91 Å². The van der Waals surface area contributed by atoms with Gasteiger partial charge in [0.1, 0.15) is 17.7 Å². The number of benzene rings is 2. The van der Waals surface area contributed by atoms with E-state index in [-0.39, 0.29) is 11.5 Å². The Morgan fingerprint density at radius 2 is 1.63 bits per heavy atom. The number of rotatable bonds is 3. The number of hydrogen-bond donors (Lipinski definition) is 0. The summed E-state index contributed by atoms with van der Waals surface area (Å²) in [6.07, 6.45) is 0. The first-order valence-corrected chi connectivity index (χ1v) is 8.86. The van der Waals surface area contributed by atoms with Gasteiger partial charge in [0, 0.05) is 6.92 Å². The normalized spacial score (nSPS) is 21.5. The molecule has 2 aromatic carbocycles. The van der Waals surface area contributed by atoms with Crippen LogP contribution in [0.1, 0.15) is 12.5 Å². The van der Waals surface area contributed by atoms with Crippen molar-refractivity contribution in [3.05, 3.63) is 59.1 Å². The van der Waals surface area contributed by atoms with Crippen LogP contribution in [0.5, 0.6) is 0 Å². The molecule has 2 aromatic rings. The van der Waals surface area contributed by atoms with Crippen molar-refractivity contribution >= 4 is 46.3 Å². The Balaban J connectivity index is 1.85. The van der Waals surface area contributed by atoms with Gasteiger partial charge >= 0.3 is 0 Å². The predicted molar refractivity (Wildman–Crippen MR) is 103 cm³/mol. The topological polar surface area (TPSA) is 70.1 Å². The van der Waals surface area contributed by atoms with Crippen LogP contribution in [0, 0.1) is 12.8 Å². The van der Waals surface area contributed by atoms with E-state index in [9.17, 15) is 14.4 Å². The van der Waals surface area contributed by atoms with Crippen LogP contribution in [0.25, 0.3) is 0 Å². The van der Waals surface area contributed by atoms with Crippen molar-refractivity contribution in [2.24, 2.45) is 11.0 Å². The molecule has 2 atom stereocenters. The molecule has 2 aliphatic heterocycles. The van der Waals surface area contributed by atoms with E-state index in [0.29, 0.717) is 16.4 Å². The lowest BCUT2D eigenvalue weighted by Crippen LogP contribution is -2.39. The Hall–Kier alpha value is -2.99. The lowest BCUT2D eigenvalue weighted by atomic mass is 9.95. The molecule has 2 heterocycles. The number of para-hydroxylation sites is 2. The molecule has 0 N–H and O–H groups in total. The first kappa shape index (κ1) is 17.4. The fourth-order valence-electron chi connectivity index (χ4n) is 3.59. The van der Waals surface area contributed by atoms with Crippen LogP contribution >= 0.6 is 11.6 Å². The van der Waals surface area contributed by atoms with Crippen molar-refractivity contribution in [2.45, 2.75) is 19.9 Å². The number of nitrogens with zero attached hydrogens (tertiary/aromatic N) is 3. The number of hydrogen-bond acceptors (Lipinski definition) is 5. The van der Waals surface area contributed by atoms with E-state index in [0.717, 1.165) is 10.5 Å². The van der Waals surface area contributed by atoms with Gasteiger partial charge in [-0.05, 0) is 30.7 Å². The number of imide groups is 1. The number of Topliss-reactive ketones (excluding diaryl/α,β-unsaturated/α-hetero) is 1. The highest BCUT2D eigenvalue weighted by molar-refractivity contribution is 6.49. The minimum atomic E-state index is -0.939. The number of carbonyl (C=O) groups excluding carboxylic acids is 3. The third-order valence-corrected chi connectivity index (χ3v) is 5.19. The molecule has 4 rings (SSSR count). The first-order valence-electron chi connectivity index (χ1n) is 8.48. The number of anilines is 2. The summed E-state index contributed by atoms with van der Waals surface area (Å²) in [4.78, 5) is 39.6. The van der Waals surface area contributed by atoms with Crippen LogP contribution in [-0.4, -0.2) is 29.4 Å². The van der Waals surface area contributed by atoms with Crippen LogP contribution in [0.15, 0.2) is 53.6 Å². The summed E-state index contributed by atoms with van der Waals surface area (Å²) in [5.41, 5.74) is 1.99. The second-order valence-corrected chi connectivity index (χ2v) is 6.97. The number of carbonyl (C=O) groups is 3. The van der Waals surface area contributed by atoms with E-state index in [1.807, 2.05) is 31.2 Å². The molecule has 0 bridgehead atoms. The molecule has 0 spiro atoms. The number of aryl methyl sites for hydroxylation is 1. The average Bonchev–Trinajstić information content (AvgIpc) is 3.14. The van der Waals surface area contributed by atoms with Crippen LogP contribution in [0.3, 0.4) is 0 Å². The summed E-state index contributed by atoms with van der Waals surface area (Å²) >= 11 is 6.21. The molecule has 0 unspecified atom stereocenters. The standard InChI is InChI=1S/C20H16ClN3O3/c1-11-7-3-5-9-14(11)24-18-16(17(22-24)12(2)25)19(26)23(20(18)27)15-10-6-4-8-13(15)21/h3-10,16,18H,1-2H3/t16-,18-/m0/s1. The van der Waals surface area contributed by atoms with Gasteiger partial charge in [-0.1, -0.05) is 41.9 Å². The summed E-state index contributed by atoms with van der Waals surface area (Å²) in [5, 5.41) is 6.14. The fourth-order valence-corrected chi connectivity index (χ4v) is 3.81. The molecule has 27 heavy (non-hydrogen) atoms. The molecule has 1 saturated heterocycles. The van der Waals surface area contributed by atoms with Crippen molar-refractivity contribution in [3.63, 3.8) is 0 Å². The minimum Gasteiger partial charge on any atom is -0.293 e. The minimum absolute atomic E-state index is 0.0937. The van der Waals surface area contributed by atoms with Gasteiger partial charge in [0.15, 0.2) is 5.78 Å². The molecular weight excluding hydrogens is 366 g/mol. The Morgan fingerprint density at radius 3 is 2.26 bits per heavy atom. The Bertz CT molecular complexity index is 1020. The van der Waals surface area contributed by atoms with Crippen molar-refractivity contribution < 1.29 is 14.4 Å². The van der Waals surface area contributed by atoms with E-state index in [4.69, 9.17) is 11.6 Å². The Labute approximate surface area is 161 Å². The van der Waals surface area contributed by atoms with Crippen LogP contribution in [-0.2, 0) is 14.4 Å². The second-order valence-electron chi connectivity index (χ2n) is 6.56. The first-order chi connectivity index (χ1) is 12.9. The van der Waals surface area contributed by atoms with Gasteiger partial charge in [0.25, 0.3) is 5.91 Å².